The fourth-order valence-electron chi connectivity index (χ4n) is 2.32. The van der Waals surface area contributed by atoms with E-state index in [9.17, 15) is 9.18 Å². The first-order chi connectivity index (χ1) is 13.0. The van der Waals surface area contributed by atoms with Crippen LogP contribution in [0.15, 0.2) is 57.5 Å². The van der Waals surface area contributed by atoms with Crippen LogP contribution in [0.3, 0.4) is 0 Å². The Hall–Kier alpha value is -2.74. The van der Waals surface area contributed by atoms with E-state index in [-0.39, 0.29) is 30.6 Å². The molecule has 0 saturated heterocycles. The van der Waals surface area contributed by atoms with Gasteiger partial charge in [0.05, 0.1) is 13.0 Å². The molecule has 140 valence electrons. The average Bonchev–Trinajstić information content (AvgIpc) is 3.12. The van der Waals surface area contributed by atoms with Gasteiger partial charge in [-0.1, -0.05) is 27.2 Å². The quantitative estimate of drug-likeness (QED) is 0.601. The van der Waals surface area contributed by atoms with Crippen molar-refractivity contribution in [3.05, 3.63) is 64.7 Å². The Balaban J connectivity index is 1.50. The summed E-state index contributed by atoms with van der Waals surface area (Å²) in [5.74, 6) is 0.762. The van der Waals surface area contributed by atoms with E-state index in [1.54, 1.807) is 19.1 Å². The molecule has 6 nitrogen and oxygen atoms in total. The van der Waals surface area contributed by atoms with Gasteiger partial charge in [-0.15, -0.1) is 0 Å². The van der Waals surface area contributed by atoms with Crippen molar-refractivity contribution < 1.29 is 18.4 Å². The second-order valence-electron chi connectivity index (χ2n) is 5.81. The molecule has 0 fully saturated rings. The highest BCUT2D eigenvalue weighted by Crippen LogP contribution is 2.20. The first-order valence-electron chi connectivity index (χ1n) is 8.28. The van der Waals surface area contributed by atoms with Crippen LogP contribution in [0.5, 0.6) is 5.75 Å². The van der Waals surface area contributed by atoms with Crippen LogP contribution in [0.4, 0.5) is 4.39 Å². The lowest BCUT2D eigenvalue weighted by Crippen LogP contribution is -2.28. The third-order valence-corrected chi connectivity index (χ3v) is 4.18. The minimum absolute atomic E-state index is 0.190. The Labute approximate surface area is 163 Å². The lowest BCUT2D eigenvalue weighted by atomic mass is 10.2. The van der Waals surface area contributed by atoms with Crippen molar-refractivity contribution in [2.75, 3.05) is 6.61 Å². The van der Waals surface area contributed by atoms with Crippen molar-refractivity contribution in [3.63, 3.8) is 0 Å². The van der Waals surface area contributed by atoms with Crippen LogP contribution in [0, 0.1) is 5.82 Å². The molecular formula is C19H17BrFN3O3. The molecule has 1 unspecified atom stereocenters. The number of amides is 1. The average molecular weight is 434 g/mol. The molecule has 0 aliphatic carbocycles. The third kappa shape index (κ3) is 5.37. The second-order valence-corrected chi connectivity index (χ2v) is 6.72. The summed E-state index contributed by atoms with van der Waals surface area (Å²) in [6.07, 6.45) is 0.190. The first-order valence-corrected chi connectivity index (χ1v) is 9.08. The molecule has 8 heteroatoms. The lowest BCUT2D eigenvalue weighted by molar-refractivity contribution is -0.122. The van der Waals surface area contributed by atoms with Crippen LogP contribution in [-0.4, -0.2) is 22.7 Å². The molecule has 1 N–H and O–H groups in total. The number of ether oxygens (including phenoxy) is 1. The zero-order valence-electron chi connectivity index (χ0n) is 14.5. The number of rotatable bonds is 7. The van der Waals surface area contributed by atoms with Crippen LogP contribution >= 0.6 is 15.9 Å². The minimum atomic E-state index is -0.454. The second kappa shape index (κ2) is 8.77. The van der Waals surface area contributed by atoms with Gasteiger partial charge in [-0.3, -0.25) is 4.79 Å². The summed E-state index contributed by atoms with van der Waals surface area (Å²) < 4.78 is 24.6. The summed E-state index contributed by atoms with van der Waals surface area (Å²) in [6.45, 7) is 1.99. The van der Waals surface area contributed by atoms with Crippen molar-refractivity contribution in [3.8, 4) is 17.1 Å². The van der Waals surface area contributed by atoms with E-state index in [0.29, 0.717) is 17.1 Å². The molecule has 0 aliphatic heterocycles. The third-order valence-electron chi connectivity index (χ3n) is 3.69. The van der Waals surface area contributed by atoms with E-state index in [2.05, 4.69) is 31.4 Å². The Morgan fingerprint density at radius 3 is 2.81 bits per heavy atom. The summed E-state index contributed by atoms with van der Waals surface area (Å²) in [7, 11) is 0. The fraction of sp³-hybridized carbons (Fsp3) is 0.211. The van der Waals surface area contributed by atoms with Crippen molar-refractivity contribution in [1.82, 2.24) is 15.5 Å². The number of hydrogen-bond donors (Lipinski definition) is 1. The molecule has 1 amide bonds. The van der Waals surface area contributed by atoms with Gasteiger partial charge in [0.2, 0.25) is 17.6 Å². The highest BCUT2D eigenvalue weighted by molar-refractivity contribution is 9.10. The van der Waals surface area contributed by atoms with E-state index in [1.165, 1.54) is 12.1 Å². The zero-order chi connectivity index (χ0) is 19.2. The SMILES string of the molecule is CC(NC(=O)CCOc1cccc(Br)c1)c1nc(-c2ccc(F)cc2)no1. The van der Waals surface area contributed by atoms with E-state index in [0.717, 1.165) is 4.47 Å². The predicted molar refractivity (Wildman–Crippen MR) is 101 cm³/mol. The number of nitrogens with one attached hydrogen (secondary N) is 1. The molecule has 3 rings (SSSR count). The Kier molecular flexibility index (Phi) is 6.18. The zero-order valence-corrected chi connectivity index (χ0v) is 16.1. The number of halogens is 2. The Morgan fingerprint density at radius 2 is 2.07 bits per heavy atom. The predicted octanol–water partition coefficient (Wildman–Crippen LogP) is 4.28. The molecule has 27 heavy (non-hydrogen) atoms. The molecule has 0 saturated carbocycles. The van der Waals surface area contributed by atoms with Gasteiger partial charge < -0.3 is 14.6 Å². The number of hydrogen-bond acceptors (Lipinski definition) is 5. The lowest BCUT2D eigenvalue weighted by Gasteiger charge is -2.10. The monoisotopic (exact) mass is 433 g/mol. The number of carbonyl (C=O) groups is 1. The summed E-state index contributed by atoms with van der Waals surface area (Å²) in [6, 6.07) is 12.7. The fourth-order valence-corrected chi connectivity index (χ4v) is 2.70. The van der Waals surface area contributed by atoms with Crippen molar-refractivity contribution in [1.29, 1.82) is 0 Å². The molecule has 3 aromatic rings. The first kappa shape index (κ1) is 19.0. The summed E-state index contributed by atoms with van der Waals surface area (Å²) >= 11 is 3.36. The molecular weight excluding hydrogens is 417 g/mol. The molecule has 0 spiro atoms. The van der Waals surface area contributed by atoms with Crippen molar-refractivity contribution >= 4 is 21.8 Å². The number of nitrogens with zero attached hydrogens (tertiary/aromatic N) is 2. The van der Waals surface area contributed by atoms with E-state index >= 15 is 0 Å². The Bertz CT molecular complexity index is 915. The largest absolute Gasteiger partial charge is 0.493 e. The molecule has 0 bridgehead atoms. The molecule has 2 aromatic carbocycles. The van der Waals surface area contributed by atoms with Gasteiger partial charge in [0.1, 0.15) is 17.6 Å². The summed E-state index contributed by atoms with van der Waals surface area (Å²) in [5.41, 5.74) is 0.632. The van der Waals surface area contributed by atoms with Crippen LogP contribution in [0.1, 0.15) is 25.3 Å². The summed E-state index contributed by atoms with van der Waals surface area (Å²) in [4.78, 5) is 16.3. The number of aromatic nitrogens is 2. The molecule has 1 atom stereocenters. The van der Waals surface area contributed by atoms with E-state index in [4.69, 9.17) is 9.26 Å². The van der Waals surface area contributed by atoms with Crippen LogP contribution in [0.2, 0.25) is 0 Å². The van der Waals surface area contributed by atoms with Gasteiger partial charge in [-0.2, -0.15) is 4.98 Å². The van der Waals surface area contributed by atoms with Gasteiger partial charge >= 0.3 is 0 Å². The maximum atomic E-state index is 13.0. The van der Waals surface area contributed by atoms with E-state index in [1.807, 2.05) is 24.3 Å². The van der Waals surface area contributed by atoms with E-state index < -0.39 is 6.04 Å². The highest BCUT2D eigenvalue weighted by atomic mass is 79.9. The normalized spacial score (nSPS) is 11.8. The molecule has 0 aliphatic rings. The van der Waals surface area contributed by atoms with Gasteiger partial charge in [0.25, 0.3) is 0 Å². The maximum Gasteiger partial charge on any atom is 0.249 e. The van der Waals surface area contributed by atoms with Crippen molar-refractivity contribution in [2.45, 2.75) is 19.4 Å². The Morgan fingerprint density at radius 1 is 1.30 bits per heavy atom. The van der Waals surface area contributed by atoms with Crippen LogP contribution < -0.4 is 10.1 Å². The van der Waals surface area contributed by atoms with Gasteiger partial charge in [0.15, 0.2) is 0 Å². The number of benzene rings is 2. The van der Waals surface area contributed by atoms with Crippen LogP contribution in [0.25, 0.3) is 11.4 Å². The molecule has 1 aromatic heterocycles. The highest BCUT2D eigenvalue weighted by Gasteiger charge is 2.17. The standard InChI is InChI=1S/C19H17BrFN3O3/c1-12(19-23-18(24-27-19)13-5-7-15(21)8-6-13)22-17(25)9-10-26-16-4-2-3-14(20)11-16/h2-8,11-12H,9-10H2,1H3,(H,22,25). The molecule has 1 heterocycles. The molecule has 0 radical (unpaired) electrons. The number of carbonyl (C=O) groups excluding carboxylic acids is 1. The van der Waals surface area contributed by atoms with Crippen LogP contribution in [-0.2, 0) is 4.79 Å². The van der Waals surface area contributed by atoms with Crippen molar-refractivity contribution in [2.24, 2.45) is 0 Å². The smallest absolute Gasteiger partial charge is 0.249 e. The van der Waals surface area contributed by atoms with Gasteiger partial charge in [0, 0.05) is 10.0 Å². The topological polar surface area (TPSA) is 77.2 Å². The summed E-state index contributed by atoms with van der Waals surface area (Å²) in [5, 5.41) is 6.65. The van der Waals surface area contributed by atoms with Gasteiger partial charge in [-0.05, 0) is 49.4 Å². The maximum absolute atomic E-state index is 13.0. The van der Waals surface area contributed by atoms with Gasteiger partial charge in [-0.25, -0.2) is 4.39 Å². The minimum Gasteiger partial charge on any atom is -0.493 e.